The zero-order valence-electron chi connectivity index (χ0n) is 14.4. The molecule has 0 bridgehead atoms. The van der Waals surface area contributed by atoms with Gasteiger partial charge in [-0.2, -0.15) is 5.10 Å². The number of nitrogens with one attached hydrogen (secondary N) is 1. The summed E-state index contributed by atoms with van der Waals surface area (Å²) in [6.45, 7) is 4.59. The fraction of sp³-hybridized carbons (Fsp3) is 0.471. The van der Waals surface area contributed by atoms with E-state index in [1.54, 1.807) is 20.1 Å². The van der Waals surface area contributed by atoms with Gasteiger partial charge in [0.05, 0.1) is 36.0 Å². The molecule has 7 nitrogen and oxygen atoms in total. The lowest BCUT2D eigenvalue weighted by atomic mass is 10.3. The number of aromatic nitrogens is 2. The summed E-state index contributed by atoms with van der Waals surface area (Å²) in [4.78, 5) is 27.4. The fourth-order valence-electron chi connectivity index (χ4n) is 2.85. The highest BCUT2D eigenvalue weighted by atomic mass is 32.1. The first-order valence-electron chi connectivity index (χ1n) is 8.24. The number of thiophene rings is 1. The van der Waals surface area contributed by atoms with Crippen molar-refractivity contribution in [3.63, 3.8) is 0 Å². The molecule has 2 aromatic rings. The number of carbonyl (C=O) groups excluding carboxylic acids is 2. The van der Waals surface area contributed by atoms with Crippen molar-refractivity contribution in [3.05, 3.63) is 39.3 Å². The maximum Gasteiger partial charge on any atom is 0.261 e. The molecule has 0 saturated carbocycles. The number of aryl methyl sites for hydroxylation is 1. The van der Waals surface area contributed by atoms with Gasteiger partial charge in [-0.15, -0.1) is 11.3 Å². The van der Waals surface area contributed by atoms with Crippen molar-refractivity contribution in [1.29, 1.82) is 0 Å². The highest BCUT2D eigenvalue weighted by Gasteiger charge is 2.18. The molecule has 1 N–H and O–H groups in total. The van der Waals surface area contributed by atoms with E-state index in [4.69, 9.17) is 4.74 Å². The average Bonchev–Trinajstić information content (AvgIpc) is 3.15. The average molecular weight is 362 g/mol. The van der Waals surface area contributed by atoms with E-state index in [0.29, 0.717) is 24.6 Å². The van der Waals surface area contributed by atoms with E-state index in [-0.39, 0.29) is 11.8 Å². The minimum atomic E-state index is -0.110. The lowest BCUT2D eigenvalue weighted by Crippen LogP contribution is -2.28. The van der Waals surface area contributed by atoms with E-state index < -0.39 is 0 Å². The summed E-state index contributed by atoms with van der Waals surface area (Å²) in [5.41, 5.74) is 1.82. The number of hydrogen-bond acceptors (Lipinski definition) is 5. The topological polar surface area (TPSA) is 76.5 Å². The summed E-state index contributed by atoms with van der Waals surface area (Å²) in [6, 6.07) is 5.67. The van der Waals surface area contributed by atoms with Crippen molar-refractivity contribution in [1.82, 2.24) is 20.0 Å². The number of nitrogens with zero attached hydrogens (tertiary/aromatic N) is 3. The molecule has 0 saturated heterocycles. The Bertz CT molecular complexity index is 768. The van der Waals surface area contributed by atoms with Crippen LogP contribution in [0.2, 0.25) is 0 Å². The molecular formula is C17H22N4O3S. The van der Waals surface area contributed by atoms with Gasteiger partial charge in [0.15, 0.2) is 0 Å². The quantitative estimate of drug-likeness (QED) is 0.880. The molecule has 3 heterocycles. The Morgan fingerprint density at radius 1 is 1.36 bits per heavy atom. The number of ether oxygens (including phenoxy) is 1. The van der Waals surface area contributed by atoms with Gasteiger partial charge in [-0.1, -0.05) is 0 Å². The van der Waals surface area contributed by atoms with Gasteiger partial charge in [0.2, 0.25) is 5.91 Å². The zero-order valence-corrected chi connectivity index (χ0v) is 15.3. The third-order valence-electron chi connectivity index (χ3n) is 4.11. The van der Waals surface area contributed by atoms with Crippen molar-refractivity contribution in [2.24, 2.45) is 0 Å². The number of amides is 2. The second-order valence-electron chi connectivity index (χ2n) is 6.03. The summed E-state index contributed by atoms with van der Waals surface area (Å²) in [5.74, 6) is -0.0324. The molecule has 2 aromatic heterocycles. The van der Waals surface area contributed by atoms with Crippen LogP contribution in [0.1, 0.15) is 39.3 Å². The first-order chi connectivity index (χ1) is 12.1. The second kappa shape index (κ2) is 7.79. The van der Waals surface area contributed by atoms with Gasteiger partial charge in [0.1, 0.15) is 0 Å². The van der Waals surface area contributed by atoms with Gasteiger partial charge in [0, 0.05) is 32.0 Å². The molecule has 2 amide bonds. The first kappa shape index (κ1) is 17.6. The van der Waals surface area contributed by atoms with Crippen molar-refractivity contribution >= 4 is 23.2 Å². The van der Waals surface area contributed by atoms with Gasteiger partial charge in [0.25, 0.3) is 5.91 Å². The Labute approximate surface area is 150 Å². The van der Waals surface area contributed by atoms with Crippen LogP contribution >= 0.6 is 11.3 Å². The molecule has 3 rings (SSSR count). The zero-order chi connectivity index (χ0) is 17.8. The van der Waals surface area contributed by atoms with Crippen LogP contribution in [0, 0.1) is 0 Å². The summed E-state index contributed by atoms with van der Waals surface area (Å²) in [6.07, 6.45) is 0.886. The van der Waals surface area contributed by atoms with Crippen LogP contribution in [0.4, 0.5) is 0 Å². The largest absolute Gasteiger partial charge is 0.379 e. The summed E-state index contributed by atoms with van der Waals surface area (Å²) >= 11 is 1.43. The minimum Gasteiger partial charge on any atom is -0.379 e. The number of fused-ring (bicyclic) bond motifs is 1. The van der Waals surface area contributed by atoms with E-state index in [9.17, 15) is 9.59 Å². The van der Waals surface area contributed by atoms with Crippen molar-refractivity contribution < 1.29 is 14.3 Å². The van der Waals surface area contributed by atoms with E-state index in [0.717, 1.165) is 35.8 Å². The highest BCUT2D eigenvalue weighted by Crippen LogP contribution is 2.18. The molecule has 1 aliphatic rings. The molecule has 1 aliphatic heterocycles. The van der Waals surface area contributed by atoms with Gasteiger partial charge < -0.3 is 15.0 Å². The molecule has 8 heteroatoms. The van der Waals surface area contributed by atoms with Crippen molar-refractivity contribution in [3.8, 4) is 0 Å². The molecule has 0 unspecified atom stereocenters. The molecule has 0 spiro atoms. The molecule has 0 radical (unpaired) electrons. The summed E-state index contributed by atoms with van der Waals surface area (Å²) in [7, 11) is 1.63. The van der Waals surface area contributed by atoms with Crippen LogP contribution in [0.25, 0.3) is 0 Å². The summed E-state index contributed by atoms with van der Waals surface area (Å²) < 4.78 is 7.01. The SMILES string of the molecule is COCc1ccc(C(=O)NCc2cc3n(n2)CCCN(C(C)=O)C3)s1. The van der Waals surface area contributed by atoms with E-state index in [1.807, 2.05) is 21.7 Å². The minimum absolute atomic E-state index is 0.0778. The first-order valence-corrected chi connectivity index (χ1v) is 9.05. The molecule has 0 aromatic carbocycles. The Morgan fingerprint density at radius 3 is 2.96 bits per heavy atom. The van der Waals surface area contributed by atoms with Crippen molar-refractivity contribution in [2.45, 2.75) is 39.6 Å². The van der Waals surface area contributed by atoms with Crippen LogP contribution in [0.3, 0.4) is 0 Å². The number of hydrogen-bond donors (Lipinski definition) is 1. The third-order valence-corrected chi connectivity index (χ3v) is 5.17. The van der Waals surface area contributed by atoms with Gasteiger partial charge in [-0.05, 0) is 24.6 Å². The van der Waals surface area contributed by atoms with Crippen LogP contribution in [-0.2, 0) is 35.8 Å². The normalized spacial score (nSPS) is 14.1. The molecule has 134 valence electrons. The van der Waals surface area contributed by atoms with Gasteiger partial charge in [-0.3, -0.25) is 14.3 Å². The van der Waals surface area contributed by atoms with Crippen molar-refractivity contribution in [2.75, 3.05) is 13.7 Å². The number of carbonyl (C=O) groups is 2. The van der Waals surface area contributed by atoms with E-state index in [2.05, 4.69) is 10.4 Å². The van der Waals surface area contributed by atoms with Crippen LogP contribution in [0.5, 0.6) is 0 Å². The predicted octanol–water partition coefficient (Wildman–Crippen LogP) is 1.77. The van der Waals surface area contributed by atoms with Gasteiger partial charge in [-0.25, -0.2) is 0 Å². The van der Waals surface area contributed by atoms with Crippen LogP contribution in [0.15, 0.2) is 18.2 Å². The predicted molar refractivity (Wildman–Crippen MR) is 94.1 cm³/mol. The van der Waals surface area contributed by atoms with Gasteiger partial charge >= 0.3 is 0 Å². The maximum atomic E-state index is 12.2. The lowest BCUT2D eigenvalue weighted by Gasteiger charge is -2.17. The van der Waals surface area contributed by atoms with E-state index in [1.165, 1.54) is 11.3 Å². The van der Waals surface area contributed by atoms with Crippen LogP contribution < -0.4 is 5.32 Å². The molecule has 25 heavy (non-hydrogen) atoms. The molecule has 0 atom stereocenters. The molecule has 0 aliphatic carbocycles. The summed E-state index contributed by atoms with van der Waals surface area (Å²) in [5, 5.41) is 7.46. The molecular weight excluding hydrogens is 340 g/mol. The standard InChI is InChI=1S/C17H22N4O3S/c1-12(22)20-6-3-7-21-14(10-20)8-13(19-21)9-18-17(23)16-5-4-15(25-16)11-24-2/h4-5,8H,3,6-7,9-11H2,1-2H3,(H,18,23). The lowest BCUT2D eigenvalue weighted by molar-refractivity contribution is -0.129. The Morgan fingerprint density at radius 2 is 2.20 bits per heavy atom. The highest BCUT2D eigenvalue weighted by molar-refractivity contribution is 7.14. The number of rotatable bonds is 5. The Kier molecular flexibility index (Phi) is 5.50. The third kappa shape index (κ3) is 4.26. The Hall–Kier alpha value is -2.19. The monoisotopic (exact) mass is 362 g/mol. The van der Waals surface area contributed by atoms with E-state index >= 15 is 0 Å². The van der Waals surface area contributed by atoms with Crippen LogP contribution in [-0.4, -0.2) is 40.1 Å². The molecule has 0 fully saturated rings. The second-order valence-corrected chi connectivity index (χ2v) is 7.19. The fourth-order valence-corrected chi connectivity index (χ4v) is 3.75. The Balaban J connectivity index is 1.61. The maximum absolute atomic E-state index is 12.2. The number of methoxy groups -OCH3 is 1. The smallest absolute Gasteiger partial charge is 0.261 e.